The second-order valence-corrected chi connectivity index (χ2v) is 6.25. The number of hydrogen-bond donors (Lipinski definition) is 1. The van der Waals surface area contributed by atoms with Crippen molar-refractivity contribution in [3.63, 3.8) is 0 Å². The molecule has 4 rings (SSSR count). The largest absolute Gasteiger partial charge is 0.338 e. The average Bonchev–Trinajstić information content (AvgIpc) is 2.63. The molecule has 0 saturated carbocycles. The zero-order valence-electron chi connectivity index (χ0n) is 12.9. The number of nitrogens with one attached hydrogen (secondary N) is 1. The molecule has 4 nitrogen and oxygen atoms in total. The van der Waals surface area contributed by atoms with Crippen LogP contribution in [0.4, 0.5) is 11.5 Å². The Morgan fingerprint density at radius 3 is 2.56 bits per heavy atom. The van der Waals surface area contributed by atoms with Crippen molar-refractivity contribution in [1.29, 1.82) is 0 Å². The number of pyridine rings is 3. The molecular formula is C19H12Cl2N4. The number of hydrogen-bond acceptors (Lipinski definition) is 4. The van der Waals surface area contributed by atoms with Gasteiger partial charge in [-0.1, -0.05) is 35.3 Å². The van der Waals surface area contributed by atoms with Gasteiger partial charge < -0.3 is 5.32 Å². The maximum absolute atomic E-state index is 6.05. The predicted octanol–water partition coefficient (Wildman–Crippen LogP) is 5.74. The SMILES string of the molecule is Clc1cccc(Nc2ncc(-c3ccc(Cl)nc3)c3cccnc23)c1. The molecule has 3 heterocycles. The lowest BCUT2D eigenvalue weighted by Crippen LogP contribution is -1.97. The maximum Gasteiger partial charge on any atom is 0.156 e. The van der Waals surface area contributed by atoms with Gasteiger partial charge in [0.05, 0.1) is 0 Å². The average molecular weight is 367 g/mol. The minimum atomic E-state index is 0.457. The first-order valence-electron chi connectivity index (χ1n) is 7.59. The predicted molar refractivity (Wildman–Crippen MR) is 103 cm³/mol. The Balaban J connectivity index is 1.83. The summed E-state index contributed by atoms with van der Waals surface area (Å²) in [5.74, 6) is 0.670. The Kier molecular flexibility index (Phi) is 4.22. The molecular weight excluding hydrogens is 355 g/mol. The van der Waals surface area contributed by atoms with Gasteiger partial charge in [-0.05, 0) is 36.4 Å². The molecule has 25 heavy (non-hydrogen) atoms. The highest BCUT2D eigenvalue weighted by Crippen LogP contribution is 2.31. The Morgan fingerprint density at radius 2 is 1.76 bits per heavy atom. The van der Waals surface area contributed by atoms with E-state index in [1.807, 2.05) is 48.7 Å². The van der Waals surface area contributed by atoms with Crippen LogP contribution >= 0.6 is 23.2 Å². The minimum Gasteiger partial charge on any atom is -0.338 e. The van der Waals surface area contributed by atoms with Gasteiger partial charge in [-0.25, -0.2) is 9.97 Å². The second kappa shape index (κ2) is 6.67. The van der Waals surface area contributed by atoms with E-state index < -0.39 is 0 Å². The lowest BCUT2D eigenvalue weighted by Gasteiger charge is -2.11. The summed E-state index contributed by atoms with van der Waals surface area (Å²) in [6, 6.07) is 15.1. The van der Waals surface area contributed by atoms with E-state index in [-0.39, 0.29) is 0 Å². The van der Waals surface area contributed by atoms with E-state index in [4.69, 9.17) is 23.2 Å². The fourth-order valence-electron chi connectivity index (χ4n) is 2.63. The highest BCUT2D eigenvalue weighted by atomic mass is 35.5. The fraction of sp³-hybridized carbons (Fsp3) is 0. The molecule has 3 aromatic heterocycles. The van der Waals surface area contributed by atoms with Crippen LogP contribution in [0, 0.1) is 0 Å². The minimum absolute atomic E-state index is 0.457. The maximum atomic E-state index is 6.05. The number of rotatable bonds is 3. The summed E-state index contributed by atoms with van der Waals surface area (Å²) in [7, 11) is 0. The van der Waals surface area contributed by atoms with Gasteiger partial charge in [0.1, 0.15) is 10.7 Å². The van der Waals surface area contributed by atoms with Crippen LogP contribution in [0.15, 0.2) is 67.1 Å². The summed E-state index contributed by atoms with van der Waals surface area (Å²) in [5.41, 5.74) is 3.51. The first kappa shape index (κ1) is 15.8. The Hall–Kier alpha value is -2.69. The molecule has 0 unspecified atom stereocenters. The van der Waals surface area contributed by atoms with Gasteiger partial charge in [-0.3, -0.25) is 4.98 Å². The van der Waals surface area contributed by atoms with Crippen LogP contribution in [0.3, 0.4) is 0 Å². The van der Waals surface area contributed by atoms with Crippen LogP contribution < -0.4 is 5.32 Å². The third kappa shape index (κ3) is 3.27. The summed E-state index contributed by atoms with van der Waals surface area (Å²) in [6.07, 6.45) is 5.29. The van der Waals surface area contributed by atoms with E-state index in [0.29, 0.717) is 16.0 Å². The standard InChI is InChI=1S/C19H12Cl2N4/c20-13-3-1-4-14(9-13)25-19-18-15(5-2-8-22-18)16(11-24-19)12-6-7-17(21)23-10-12/h1-11H,(H,24,25). The highest BCUT2D eigenvalue weighted by Gasteiger charge is 2.11. The van der Waals surface area contributed by atoms with Gasteiger partial charge in [0, 0.05) is 45.8 Å². The molecule has 0 radical (unpaired) electrons. The molecule has 0 aliphatic heterocycles. The number of fused-ring (bicyclic) bond motifs is 1. The third-order valence-corrected chi connectivity index (χ3v) is 4.23. The van der Waals surface area contributed by atoms with Crippen LogP contribution in [0.2, 0.25) is 10.2 Å². The van der Waals surface area contributed by atoms with Crippen molar-refractivity contribution in [1.82, 2.24) is 15.0 Å². The van der Waals surface area contributed by atoms with Crippen LogP contribution in [0.1, 0.15) is 0 Å². The molecule has 1 N–H and O–H groups in total. The first-order valence-corrected chi connectivity index (χ1v) is 8.34. The Morgan fingerprint density at radius 1 is 0.840 bits per heavy atom. The quantitative estimate of drug-likeness (QED) is 0.469. The van der Waals surface area contributed by atoms with Crippen LogP contribution in [0.5, 0.6) is 0 Å². The van der Waals surface area contributed by atoms with Crippen LogP contribution in [-0.4, -0.2) is 15.0 Å². The van der Waals surface area contributed by atoms with Crippen molar-refractivity contribution in [2.75, 3.05) is 5.32 Å². The van der Waals surface area contributed by atoms with E-state index in [2.05, 4.69) is 20.3 Å². The van der Waals surface area contributed by atoms with Gasteiger partial charge in [0.25, 0.3) is 0 Å². The number of anilines is 2. The van der Waals surface area contributed by atoms with Gasteiger partial charge in [-0.15, -0.1) is 0 Å². The van der Waals surface area contributed by atoms with Crippen molar-refractivity contribution in [2.45, 2.75) is 0 Å². The number of benzene rings is 1. The van der Waals surface area contributed by atoms with Gasteiger partial charge in [0.2, 0.25) is 0 Å². The van der Waals surface area contributed by atoms with E-state index in [1.165, 1.54) is 0 Å². The van der Waals surface area contributed by atoms with E-state index in [1.54, 1.807) is 18.5 Å². The summed E-state index contributed by atoms with van der Waals surface area (Å²) in [4.78, 5) is 13.2. The molecule has 0 aliphatic rings. The van der Waals surface area contributed by atoms with E-state index >= 15 is 0 Å². The van der Waals surface area contributed by atoms with E-state index in [0.717, 1.165) is 27.7 Å². The number of nitrogens with zero attached hydrogens (tertiary/aromatic N) is 3. The molecule has 0 spiro atoms. The Bertz CT molecular complexity index is 1050. The zero-order valence-corrected chi connectivity index (χ0v) is 14.5. The number of aromatic nitrogens is 3. The monoisotopic (exact) mass is 366 g/mol. The molecule has 122 valence electrons. The molecule has 0 amide bonds. The first-order chi connectivity index (χ1) is 12.2. The van der Waals surface area contributed by atoms with Gasteiger partial charge in [0.15, 0.2) is 5.82 Å². The molecule has 1 aromatic carbocycles. The third-order valence-electron chi connectivity index (χ3n) is 3.77. The fourth-order valence-corrected chi connectivity index (χ4v) is 2.93. The van der Waals surface area contributed by atoms with Crippen molar-refractivity contribution in [3.05, 3.63) is 77.3 Å². The molecule has 0 bridgehead atoms. The van der Waals surface area contributed by atoms with Crippen LogP contribution in [-0.2, 0) is 0 Å². The second-order valence-electron chi connectivity index (χ2n) is 5.42. The summed E-state index contributed by atoms with van der Waals surface area (Å²) in [5, 5.41) is 5.37. The van der Waals surface area contributed by atoms with E-state index in [9.17, 15) is 0 Å². The lowest BCUT2D eigenvalue weighted by atomic mass is 10.0. The van der Waals surface area contributed by atoms with Crippen molar-refractivity contribution in [2.24, 2.45) is 0 Å². The van der Waals surface area contributed by atoms with Crippen molar-refractivity contribution in [3.8, 4) is 11.1 Å². The smallest absolute Gasteiger partial charge is 0.156 e. The normalized spacial score (nSPS) is 10.8. The van der Waals surface area contributed by atoms with Crippen molar-refractivity contribution >= 4 is 45.6 Å². The van der Waals surface area contributed by atoms with Crippen LogP contribution in [0.25, 0.3) is 22.0 Å². The molecule has 4 aromatic rings. The van der Waals surface area contributed by atoms with Crippen molar-refractivity contribution < 1.29 is 0 Å². The summed E-state index contributed by atoms with van der Waals surface area (Å²) < 4.78 is 0. The lowest BCUT2D eigenvalue weighted by molar-refractivity contribution is 1.28. The topological polar surface area (TPSA) is 50.7 Å². The number of halogens is 2. The molecule has 0 saturated heterocycles. The Labute approximate surface area is 154 Å². The van der Waals surface area contributed by atoms with Gasteiger partial charge in [-0.2, -0.15) is 0 Å². The molecule has 0 fully saturated rings. The molecule has 6 heteroatoms. The zero-order chi connectivity index (χ0) is 17.2. The highest BCUT2D eigenvalue weighted by molar-refractivity contribution is 6.30. The summed E-state index contributed by atoms with van der Waals surface area (Å²) >= 11 is 11.9. The molecule has 0 atom stereocenters. The van der Waals surface area contributed by atoms with Gasteiger partial charge >= 0.3 is 0 Å². The summed E-state index contributed by atoms with van der Waals surface area (Å²) in [6.45, 7) is 0. The molecule has 0 aliphatic carbocycles.